The summed E-state index contributed by atoms with van der Waals surface area (Å²) in [6.07, 6.45) is -1.81. The van der Waals surface area contributed by atoms with Crippen LogP contribution in [0, 0.1) is 0 Å². The van der Waals surface area contributed by atoms with Gasteiger partial charge in [-0.15, -0.1) is 13.2 Å². The van der Waals surface area contributed by atoms with Crippen molar-refractivity contribution < 1.29 is 22.7 Å². The average molecular weight is 342 g/mol. The van der Waals surface area contributed by atoms with Crippen molar-refractivity contribution in [2.24, 2.45) is 7.05 Å². The van der Waals surface area contributed by atoms with Gasteiger partial charge in [0.25, 0.3) is 5.91 Å². The number of aromatic nitrogens is 3. The van der Waals surface area contributed by atoms with E-state index in [1.54, 1.807) is 7.05 Å². The van der Waals surface area contributed by atoms with Gasteiger partial charge in [0.05, 0.1) is 22.0 Å². The van der Waals surface area contributed by atoms with E-state index in [9.17, 15) is 18.0 Å². The Hall–Kier alpha value is -2.62. The summed E-state index contributed by atoms with van der Waals surface area (Å²) >= 11 is 1.05. The Morgan fingerprint density at radius 1 is 1.39 bits per heavy atom. The second-order valence-corrected chi connectivity index (χ2v) is 5.58. The number of carbonyl (C=O) groups excluding carboxylic acids is 1. The van der Waals surface area contributed by atoms with Crippen LogP contribution in [0.2, 0.25) is 0 Å². The van der Waals surface area contributed by atoms with E-state index in [4.69, 9.17) is 0 Å². The molecule has 3 rings (SSSR count). The maximum absolute atomic E-state index is 12.2. The number of hydrogen-bond donors (Lipinski definition) is 1. The minimum atomic E-state index is -4.75. The third-order valence-corrected chi connectivity index (χ3v) is 3.71. The molecule has 1 amide bonds. The van der Waals surface area contributed by atoms with Gasteiger partial charge in [-0.05, 0) is 12.1 Å². The van der Waals surface area contributed by atoms with Gasteiger partial charge in [0.1, 0.15) is 5.75 Å². The first-order chi connectivity index (χ1) is 10.8. The van der Waals surface area contributed by atoms with E-state index >= 15 is 0 Å². The predicted molar refractivity (Wildman–Crippen MR) is 77.5 cm³/mol. The molecule has 2 aromatic heterocycles. The minimum absolute atomic E-state index is 0.276. The van der Waals surface area contributed by atoms with Gasteiger partial charge in [-0.25, -0.2) is 4.98 Å². The number of thiazole rings is 1. The molecule has 1 N–H and O–H groups in total. The van der Waals surface area contributed by atoms with Crippen LogP contribution in [0.25, 0.3) is 10.2 Å². The number of fused-ring (bicyclic) bond motifs is 1. The normalized spacial score (nSPS) is 11.7. The molecule has 0 aliphatic heterocycles. The average Bonchev–Trinajstić information content (AvgIpc) is 3.02. The Balaban J connectivity index is 1.81. The lowest BCUT2D eigenvalue weighted by atomic mass is 10.3. The number of alkyl halides is 3. The zero-order chi connectivity index (χ0) is 16.6. The van der Waals surface area contributed by atoms with Crippen molar-refractivity contribution in [1.29, 1.82) is 0 Å². The van der Waals surface area contributed by atoms with Gasteiger partial charge >= 0.3 is 6.36 Å². The van der Waals surface area contributed by atoms with Crippen molar-refractivity contribution in [1.82, 2.24) is 14.8 Å². The highest BCUT2D eigenvalue weighted by atomic mass is 32.1. The second kappa shape index (κ2) is 5.54. The van der Waals surface area contributed by atoms with Gasteiger partial charge in [-0.2, -0.15) is 5.10 Å². The highest BCUT2D eigenvalue weighted by Gasteiger charge is 2.31. The van der Waals surface area contributed by atoms with Crippen molar-refractivity contribution in [3.8, 4) is 5.75 Å². The summed E-state index contributed by atoms with van der Waals surface area (Å²) in [6, 6.07) is 3.79. The molecular formula is C13H9F3N4O2S. The largest absolute Gasteiger partial charge is 0.573 e. The van der Waals surface area contributed by atoms with Crippen LogP contribution >= 0.6 is 11.3 Å². The molecule has 6 nitrogen and oxygen atoms in total. The molecule has 0 saturated heterocycles. The topological polar surface area (TPSA) is 69.0 Å². The fourth-order valence-electron chi connectivity index (χ4n) is 1.86. The Labute approximate surface area is 131 Å². The molecule has 0 aliphatic carbocycles. The number of anilines is 1. The van der Waals surface area contributed by atoms with E-state index in [0.717, 1.165) is 11.3 Å². The summed E-state index contributed by atoms with van der Waals surface area (Å²) in [5.74, 6) is -0.734. The van der Waals surface area contributed by atoms with Crippen molar-refractivity contribution in [2.45, 2.75) is 6.36 Å². The molecule has 0 radical (unpaired) electrons. The minimum Gasteiger partial charge on any atom is -0.406 e. The SMILES string of the molecule is Cn1cc(C(=O)Nc2nc3ccc(OC(F)(F)F)cc3s2)cn1. The van der Waals surface area contributed by atoms with Gasteiger partial charge in [0.2, 0.25) is 0 Å². The maximum Gasteiger partial charge on any atom is 0.573 e. The number of benzene rings is 1. The first-order valence-corrected chi connectivity index (χ1v) is 7.08. The molecule has 0 saturated carbocycles. The number of halogens is 3. The molecule has 23 heavy (non-hydrogen) atoms. The summed E-state index contributed by atoms with van der Waals surface area (Å²) in [7, 11) is 1.68. The smallest absolute Gasteiger partial charge is 0.406 e. The number of ether oxygens (including phenoxy) is 1. The predicted octanol–water partition coefficient (Wildman–Crippen LogP) is 3.18. The quantitative estimate of drug-likeness (QED) is 0.794. The summed E-state index contributed by atoms with van der Waals surface area (Å²) in [5, 5.41) is 6.74. The Morgan fingerprint density at radius 2 is 2.17 bits per heavy atom. The molecule has 0 aliphatic rings. The molecule has 3 aromatic rings. The molecule has 0 unspecified atom stereocenters. The van der Waals surface area contributed by atoms with Crippen LogP contribution in [-0.4, -0.2) is 27.0 Å². The van der Waals surface area contributed by atoms with Crippen LogP contribution in [0.1, 0.15) is 10.4 Å². The zero-order valence-electron chi connectivity index (χ0n) is 11.6. The van der Waals surface area contributed by atoms with Crippen LogP contribution in [0.3, 0.4) is 0 Å². The van der Waals surface area contributed by atoms with E-state index in [1.165, 1.54) is 35.3 Å². The second-order valence-electron chi connectivity index (χ2n) is 4.55. The molecule has 0 atom stereocenters. The highest BCUT2D eigenvalue weighted by Crippen LogP contribution is 2.31. The number of amides is 1. The fraction of sp³-hybridized carbons (Fsp3) is 0.154. The summed E-state index contributed by atoms with van der Waals surface area (Å²) in [4.78, 5) is 16.1. The molecular weight excluding hydrogens is 333 g/mol. The van der Waals surface area contributed by atoms with Gasteiger partial charge in [0, 0.05) is 19.3 Å². The van der Waals surface area contributed by atoms with Gasteiger partial charge < -0.3 is 4.74 Å². The third kappa shape index (κ3) is 3.59. The van der Waals surface area contributed by atoms with E-state index in [-0.39, 0.29) is 10.9 Å². The lowest BCUT2D eigenvalue weighted by molar-refractivity contribution is -0.274. The van der Waals surface area contributed by atoms with Crippen LogP contribution in [-0.2, 0) is 7.05 Å². The van der Waals surface area contributed by atoms with Crippen LogP contribution in [0.15, 0.2) is 30.6 Å². The first kappa shape index (κ1) is 15.3. The number of nitrogens with one attached hydrogen (secondary N) is 1. The van der Waals surface area contributed by atoms with Crippen LogP contribution in [0.4, 0.5) is 18.3 Å². The van der Waals surface area contributed by atoms with Crippen molar-refractivity contribution in [3.05, 3.63) is 36.2 Å². The Bertz CT molecular complexity index is 872. The molecule has 0 fully saturated rings. The van der Waals surface area contributed by atoms with E-state index in [0.29, 0.717) is 15.8 Å². The maximum atomic E-state index is 12.2. The van der Waals surface area contributed by atoms with Crippen molar-refractivity contribution in [3.63, 3.8) is 0 Å². The lowest BCUT2D eigenvalue weighted by Crippen LogP contribution is -2.16. The van der Waals surface area contributed by atoms with Gasteiger partial charge in [0.15, 0.2) is 5.13 Å². The monoisotopic (exact) mass is 342 g/mol. The fourth-order valence-corrected chi connectivity index (χ4v) is 2.75. The van der Waals surface area contributed by atoms with E-state index in [1.807, 2.05) is 0 Å². The van der Waals surface area contributed by atoms with Crippen LogP contribution in [0.5, 0.6) is 5.75 Å². The number of hydrogen-bond acceptors (Lipinski definition) is 5. The van der Waals surface area contributed by atoms with Crippen molar-refractivity contribution >= 4 is 32.6 Å². The van der Waals surface area contributed by atoms with Crippen LogP contribution < -0.4 is 10.1 Å². The van der Waals surface area contributed by atoms with Gasteiger partial charge in [-0.3, -0.25) is 14.8 Å². The summed E-state index contributed by atoms with van der Waals surface area (Å²) < 4.78 is 42.4. The number of rotatable bonds is 3. The molecule has 2 heterocycles. The Kier molecular flexibility index (Phi) is 3.68. The molecule has 1 aromatic carbocycles. The van der Waals surface area contributed by atoms with E-state index < -0.39 is 12.3 Å². The molecule has 10 heteroatoms. The molecule has 0 bridgehead atoms. The zero-order valence-corrected chi connectivity index (χ0v) is 12.4. The molecule has 120 valence electrons. The highest BCUT2D eigenvalue weighted by molar-refractivity contribution is 7.22. The van der Waals surface area contributed by atoms with E-state index in [2.05, 4.69) is 20.1 Å². The van der Waals surface area contributed by atoms with Gasteiger partial charge in [-0.1, -0.05) is 11.3 Å². The number of aryl methyl sites for hydroxylation is 1. The summed E-state index contributed by atoms with van der Waals surface area (Å²) in [5.41, 5.74) is 0.818. The third-order valence-electron chi connectivity index (χ3n) is 2.78. The first-order valence-electron chi connectivity index (χ1n) is 6.26. The van der Waals surface area contributed by atoms with Crippen molar-refractivity contribution in [2.75, 3.05) is 5.32 Å². The standard InChI is InChI=1S/C13H9F3N4O2S/c1-20-6-7(5-17-20)11(21)19-12-18-9-3-2-8(4-10(9)23-12)22-13(14,15)16/h2-6H,1H3,(H,18,19,21). The lowest BCUT2D eigenvalue weighted by Gasteiger charge is -2.07. The Morgan fingerprint density at radius 3 is 2.83 bits per heavy atom. The molecule has 0 spiro atoms. The number of carbonyl (C=O) groups is 1. The summed E-state index contributed by atoms with van der Waals surface area (Å²) in [6.45, 7) is 0. The number of nitrogens with zero attached hydrogens (tertiary/aromatic N) is 3.